The van der Waals surface area contributed by atoms with E-state index in [4.69, 9.17) is 4.74 Å². The number of anilines is 1. The predicted molar refractivity (Wildman–Crippen MR) is 129 cm³/mol. The maximum absolute atomic E-state index is 13.7. The fraction of sp³-hybridized carbons (Fsp3) is 0.280. The minimum atomic E-state index is -0.538. The van der Waals surface area contributed by atoms with E-state index in [0.29, 0.717) is 22.9 Å². The number of amides is 2. The van der Waals surface area contributed by atoms with Gasteiger partial charge in [0, 0.05) is 12.1 Å². The average molecular weight is 481 g/mol. The Bertz CT molecular complexity index is 1180. The van der Waals surface area contributed by atoms with Gasteiger partial charge < -0.3 is 15.4 Å². The fourth-order valence-corrected chi connectivity index (χ4v) is 4.21. The Morgan fingerprint density at radius 2 is 1.85 bits per heavy atom. The Kier molecular flexibility index (Phi) is 7.98. The molecule has 2 N–H and O–H groups in total. The van der Waals surface area contributed by atoms with Gasteiger partial charge >= 0.3 is 0 Å². The van der Waals surface area contributed by atoms with E-state index in [1.165, 1.54) is 30.5 Å². The molecule has 0 fully saturated rings. The summed E-state index contributed by atoms with van der Waals surface area (Å²) in [6.07, 6.45) is 7.96. The maximum atomic E-state index is 13.7. The van der Waals surface area contributed by atoms with E-state index in [2.05, 4.69) is 26.9 Å². The third-order valence-corrected chi connectivity index (χ3v) is 6.27. The van der Waals surface area contributed by atoms with E-state index in [1.54, 1.807) is 36.4 Å². The monoisotopic (exact) mass is 480 g/mol. The average Bonchev–Trinajstić information content (AvgIpc) is 3.34. The van der Waals surface area contributed by atoms with Crippen molar-refractivity contribution in [1.82, 2.24) is 15.5 Å². The van der Waals surface area contributed by atoms with Crippen LogP contribution in [0.1, 0.15) is 57.3 Å². The molecule has 0 spiro atoms. The van der Waals surface area contributed by atoms with Crippen LogP contribution in [0, 0.1) is 5.82 Å². The molecule has 3 aromatic rings. The van der Waals surface area contributed by atoms with Crippen molar-refractivity contribution >= 4 is 28.8 Å². The summed E-state index contributed by atoms with van der Waals surface area (Å²) in [6.45, 7) is 0.748. The van der Waals surface area contributed by atoms with Gasteiger partial charge in [-0.15, -0.1) is 10.2 Å². The first kappa shape index (κ1) is 23.6. The zero-order chi connectivity index (χ0) is 23.8. The number of hydrogen-bond acceptors (Lipinski definition) is 6. The molecule has 9 heteroatoms. The van der Waals surface area contributed by atoms with Crippen LogP contribution in [0.3, 0.4) is 0 Å². The molecule has 1 heterocycles. The Morgan fingerprint density at radius 3 is 2.62 bits per heavy atom. The highest BCUT2D eigenvalue weighted by Crippen LogP contribution is 2.20. The number of ether oxygens (including phenoxy) is 1. The Morgan fingerprint density at radius 1 is 1.03 bits per heavy atom. The van der Waals surface area contributed by atoms with E-state index >= 15 is 0 Å². The van der Waals surface area contributed by atoms with Crippen molar-refractivity contribution in [3.8, 4) is 5.75 Å². The molecule has 0 unspecified atom stereocenters. The van der Waals surface area contributed by atoms with Crippen molar-refractivity contribution in [3.05, 3.63) is 81.6 Å². The van der Waals surface area contributed by atoms with Crippen LogP contribution >= 0.6 is 11.3 Å². The number of nitrogens with one attached hydrogen (secondary N) is 2. The molecule has 7 nitrogen and oxygen atoms in total. The van der Waals surface area contributed by atoms with Crippen molar-refractivity contribution < 1.29 is 18.7 Å². The van der Waals surface area contributed by atoms with Gasteiger partial charge in [-0.05, 0) is 68.5 Å². The normalized spacial score (nSPS) is 13.1. The lowest BCUT2D eigenvalue weighted by atomic mass is 9.97. The second-order valence-electron chi connectivity index (χ2n) is 7.86. The Balaban J connectivity index is 1.23. The third kappa shape index (κ3) is 6.48. The zero-order valence-electron chi connectivity index (χ0n) is 18.6. The van der Waals surface area contributed by atoms with Gasteiger partial charge in [0.1, 0.15) is 18.2 Å². The van der Waals surface area contributed by atoms with Crippen molar-refractivity contribution in [3.63, 3.8) is 0 Å². The molecule has 1 aliphatic carbocycles. The molecule has 34 heavy (non-hydrogen) atoms. The van der Waals surface area contributed by atoms with E-state index in [0.717, 1.165) is 30.6 Å². The highest BCUT2D eigenvalue weighted by Gasteiger charge is 2.15. The number of benzene rings is 2. The first-order chi connectivity index (χ1) is 16.6. The number of carbonyl (C=O) groups is 2. The topological polar surface area (TPSA) is 93.2 Å². The Labute approximate surface area is 201 Å². The van der Waals surface area contributed by atoms with Crippen molar-refractivity contribution in [1.29, 1.82) is 0 Å². The van der Waals surface area contributed by atoms with Gasteiger partial charge in [-0.3, -0.25) is 9.59 Å². The number of nitrogens with zero attached hydrogens (tertiary/aromatic N) is 2. The second kappa shape index (κ2) is 11.5. The standard InChI is InChI=1S/C25H25FN4O3S/c26-20-8-4-5-9-21(20)28-24(32)25-30-29-22(34-25)16-33-19-12-10-18(11-13-19)23(31)27-15-14-17-6-2-1-3-7-17/h4-6,8-13H,1-3,7,14-16H2,(H,27,31)(H,28,32). The van der Waals surface area contributed by atoms with Gasteiger partial charge in [-0.1, -0.05) is 35.1 Å². The van der Waals surface area contributed by atoms with E-state index in [1.807, 2.05) is 0 Å². The molecule has 0 bridgehead atoms. The quantitative estimate of drug-likeness (QED) is 0.414. The van der Waals surface area contributed by atoms with Crippen LogP contribution < -0.4 is 15.4 Å². The first-order valence-electron chi connectivity index (χ1n) is 11.2. The van der Waals surface area contributed by atoms with Crippen LogP contribution in [0.2, 0.25) is 0 Å². The summed E-state index contributed by atoms with van der Waals surface area (Å²) in [6, 6.07) is 12.7. The minimum Gasteiger partial charge on any atom is -0.486 e. The van der Waals surface area contributed by atoms with Crippen LogP contribution in [-0.4, -0.2) is 28.6 Å². The molecule has 0 saturated carbocycles. The van der Waals surface area contributed by atoms with Gasteiger partial charge in [-0.25, -0.2) is 4.39 Å². The van der Waals surface area contributed by atoms with E-state index in [-0.39, 0.29) is 23.2 Å². The number of para-hydroxylation sites is 1. The molecule has 0 radical (unpaired) electrons. The minimum absolute atomic E-state index is 0.0794. The lowest BCUT2D eigenvalue weighted by molar-refractivity contribution is 0.0953. The van der Waals surface area contributed by atoms with Crippen molar-refractivity contribution in [2.75, 3.05) is 11.9 Å². The molecule has 2 aromatic carbocycles. The van der Waals surface area contributed by atoms with Crippen LogP contribution in [0.25, 0.3) is 0 Å². The predicted octanol–water partition coefficient (Wildman–Crippen LogP) is 5.13. The van der Waals surface area contributed by atoms with Crippen LogP contribution in [0.4, 0.5) is 10.1 Å². The molecule has 0 aliphatic heterocycles. The molecule has 1 aromatic heterocycles. The summed E-state index contributed by atoms with van der Waals surface area (Å²) in [5.74, 6) is -0.610. The van der Waals surface area contributed by atoms with Crippen molar-refractivity contribution in [2.24, 2.45) is 0 Å². The van der Waals surface area contributed by atoms with Crippen LogP contribution in [0.5, 0.6) is 5.75 Å². The number of aromatic nitrogens is 2. The number of allylic oxidation sites excluding steroid dienone is 1. The lowest BCUT2D eigenvalue weighted by Crippen LogP contribution is -2.24. The number of hydrogen-bond donors (Lipinski definition) is 2. The number of halogens is 1. The van der Waals surface area contributed by atoms with E-state index in [9.17, 15) is 14.0 Å². The number of rotatable bonds is 9. The molecule has 1 aliphatic rings. The SMILES string of the molecule is O=C(NCCC1=CCCCC1)c1ccc(OCc2nnc(C(=O)Nc3ccccc3F)s2)cc1. The van der Waals surface area contributed by atoms with Gasteiger partial charge in [0.05, 0.1) is 5.69 Å². The molecular weight excluding hydrogens is 455 g/mol. The zero-order valence-corrected chi connectivity index (χ0v) is 19.4. The third-order valence-electron chi connectivity index (χ3n) is 5.38. The largest absolute Gasteiger partial charge is 0.486 e. The summed E-state index contributed by atoms with van der Waals surface area (Å²) in [7, 11) is 0. The highest BCUT2D eigenvalue weighted by atomic mass is 32.1. The van der Waals surface area contributed by atoms with Gasteiger partial charge in [0.2, 0.25) is 5.01 Å². The summed E-state index contributed by atoms with van der Waals surface area (Å²) in [5, 5.41) is 13.8. The Hall–Kier alpha value is -3.59. The van der Waals surface area contributed by atoms with Gasteiger partial charge in [0.15, 0.2) is 5.01 Å². The van der Waals surface area contributed by atoms with Gasteiger partial charge in [0.25, 0.3) is 11.8 Å². The van der Waals surface area contributed by atoms with Gasteiger partial charge in [-0.2, -0.15) is 0 Å². The molecule has 4 rings (SSSR count). The van der Waals surface area contributed by atoms with E-state index < -0.39 is 11.7 Å². The summed E-state index contributed by atoms with van der Waals surface area (Å²) < 4.78 is 19.4. The van der Waals surface area contributed by atoms with Crippen LogP contribution in [-0.2, 0) is 6.61 Å². The lowest BCUT2D eigenvalue weighted by Gasteiger charge is -2.13. The molecule has 0 saturated heterocycles. The highest BCUT2D eigenvalue weighted by molar-refractivity contribution is 7.13. The molecule has 2 amide bonds. The second-order valence-corrected chi connectivity index (χ2v) is 8.92. The summed E-state index contributed by atoms with van der Waals surface area (Å²) in [5.41, 5.74) is 2.07. The smallest absolute Gasteiger partial charge is 0.286 e. The molecule has 176 valence electrons. The first-order valence-corrected chi connectivity index (χ1v) is 12.0. The van der Waals surface area contributed by atoms with Crippen molar-refractivity contribution in [2.45, 2.75) is 38.7 Å². The summed E-state index contributed by atoms with van der Waals surface area (Å²) >= 11 is 1.06. The summed E-state index contributed by atoms with van der Waals surface area (Å²) in [4.78, 5) is 24.6. The fourth-order valence-electron chi connectivity index (χ4n) is 3.56. The van der Waals surface area contributed by atoms with Crippen LogP contribution in [0.15, 0.2) is 60.2 Å². The molecule has 0 atom stereocenters. The number of carbonyl (C=O) groups excluding carboxylic acids is 2. The maximum Gasteiger partial charge on any atom is 0.286 e. The molecular formula is C25H25FN4O3S.